The number of carbonyl (C=O) groups is 1. The highest BCUT2D eigenvalue weighted by molar-refractivity contribution is 6.35. The Morgan fingerprint density at radius 1 is 1.17 bits per heavy atom. The number of methoxy groups -OCH3 is 2. The molecule has 0 aliphatic carbocycles. The molecule has 2 aromatic carbocycles. The number of benzene rings is 2. The highest BCUT2D eigenvalue weighted by Crippen LogP contribution is 2.41. The monoisotopic (exact) mass is 335 g/mol. The van der Waals surface area contributed by atoms with Crippen molar-refractivity contribution in [1.29, 1.82) is 0 Å². The van der Waals surface area contributed by atoms with Crippen LogP contribution in [-0.2, 0) is 11.2 Å². The molecule has 6 heteroatoms. The molecule has 0 aliphatic rings. The molecule has 0 aromatic heterocycles. The molecule has 0 fully saturated rings. The van der Waals surface area contributed by atoms with Gasteiger partial charge in [0.05, 0.1) is 19.2 Å². The minimum atomic E-state index is -1.02. The molecule has 1 atom stereocenters. The van der Waals surface area contributed by atoms with Gasteiger partial charge in [0.2, 0.25) is 0 Å². The Labute approximate surface area is 139 Å². The van der Waals surface area contributed by atoms with E-state index in [0.717, 1.165) is 16.7 Å². The van der Waals surface area contributed by atoms with E-state index in [0.29, 0.717) is 16.5 Å². The smallest absolute Gasteiger partial charge is 0.320 e. The zero-order chi connectivity index (χ0) is 17.0. The van der Waals surface area contributed by atoms with E-state index in [9.17, 15) is 4.79 Å². The fraction of sp³-hybridized carbons (Fsp3) is 0.235. The lowest BCUT2D eigenvalue weighted by molar-refractivity contribution is -0.138. The molecule has 122 valence electrons. The van der Waals surface area contributed by atoms with Gasteiger partial charge in [-0.1, -0.05) is 35.9 Å². The van der Waals surface area contributed by atoms with Gasteiger partial charge in [0.1, 0.15) is 6.04 Å². The first-order valence-corrected chi connectivity index (χ1v) is 7.34. The minimum absolute atomic E-state index is 0.273. The van der Waals surface area contributed by atoms with E-state index in [1.807, 2.05) is 30.3 Å². The van der Waals surface area contributed by atoms with Gasteiger partial charge in [-0.3, -0.25) is 4.79 Å². The van der Waals surface area contributed by atoms with Crippen LogP contribution in [-0.4, -0.2) is 31.3 Å². The molecule has 2 aromatic rings. The summed E-state index contributed by atoms with van der Waals surface area (Å²) in [6, 6.07) is 10.1. The number of halogens is 1. The van der Waals surface area contributed by atoms with E-state index in [2.05, 4.69) is 0 Å². The summed E-state index contributed by atoms with van der Waals surface area (Å²) in [7, 11) is 3.08. The highest BCUT2D eigenvalue weighted by atomic mass is 35.5. The molecule has 0 saturated heterocycles. The van der Waals surface area contributed by atoms with Crippen LogP contribution in [0, 0.1) is 0 Å². The number of aliphatic carboxylic acids is 1. The van der Waals surface area contributed by atoms with Crippen LogP contribution in [0.1, 0.15) is 5.56 Å². The zero-order valence-corrected chi connectivity index (χ0v) is 13.6. The average Bonchev–Trinajstić information content (AvgIpc) is 2.55. The Kier molecular flexibility index (Phi) is 5.47. The molecule has 3 N–H and O–H groups in total. The summed E-state index contributed by atoms with van der Waals surface area (Å²) < 4.78 is 10.5. The first-order valence-electron chi connectivity index (χ1n) is 6.96. The van der Waals surface area contributed by atoms with Gasteiger partial charge in [-0.25, -0.2) is 0 Å². The van der Waals surface area contributed by atoms with Crippen molar-refractivity contribution in [1.82, 2.24) is 0 Å². The number of ether oxygens (including phenoxy) is 2. The Hall–Kier alpha value is -2.24. The summed E-state index contributed by atoms with van der Waals surface area (Å²) in [6.07, 6.45) is 0.273. The van der Waals surface area contributed by atoms with Crippen LogP contribution >= 0.6 is 11.6 Å². The van der Waals surface area contributed by atoms with Crippen molar-refractivity contribution in [3.8, 4) is 22.6 Å². The molecule has 0 spiro atoms. The molecule has 0 aliphatic heterocycles. The maximum atomic E-state index is 10.8. The molecular formula is C17H18ClNO4. The van der Waals surface area contributed by atoms with Gasteiger partial charge in [-0.2, -0.15) is 0 Å². The van der Waals surface area contributed by atoms with Crippen molar-refractivity contribution in [3.05, 3.63) is 47.0 Å². The van der Waals surface area contributed by atoms with E-state index < -0.39 is 12.0 Å². The second-order valence-electron chi connectivity index (χ2n) is 5.01. The number of hydrogen-bond acceptors (Lipinski definition) is 4. The molecule has 0 unspecified atom stereocenters. The van der Waals surface area contributed by atoms with Gasteiger partial charge >= 0.3 is 5.97 Å². The highest BCUT2D eigenvalue weighted by Gasteiger charge is 2.15. The van der Waals surface area contributed by atoms with Crippen molar-refractivity contribution < 1.29 is 19.4 Å². The lowest BCUT2D eigenvalue weighted by atomic mass is 10.0. The van der Waals surface area contributed by atoms with Crippen molar-refractivity contribution in [3.63, 3.8) is 0 Å². The molecule has 2 rings (SSSR count). The third-order valence-corrected chi connectivity index (χ3v) is 3.90. The molecular weight excluding hydrogens is 318 g/mol. The van der Waals surface area contributed by atoms with Crippen LogP contribution in [0.3, 0.4) is 0 Å². The molecule has 0 saturated carbocycles. The summed E-state index contributed by atoms with van der Waals surface area (Å²) in [6.45, 7) is 0. The molecule has 0 heterocycles. The topological polar surface area (TPSA) is 81.8 Å². The van der Waals surface area contributed by atoms with Crippen LogP contribution < -0.4 is 15.2 Å². The molecule has 0 radical (unpaired) electrons. The summed E-state index contributed by atoms with van der Waals surface area (Å²) in [5, 5.41) is 9.31. The maximum absolute atomic E-state index is 10.8. The van der Waals surface area contributed by atoms with Gasteiger partial charge in [0.15, 0.2) is 11.5 Å². The molecule has 0 amide bonds. The van der Waals surface area contributed by atoms with E-state index in [4.69, 9.17) is 31.9 Å². The lowest BCUT2D eigenvalue weighted by Gasteiger charge is -2.13. The second-order valence-corrected chi connectivity index (χ2v) is 5.39. The molecule has 0 bridgehead atoms. The van der Waals surface area contributed by atoms with Crippen LogP contribution in [0.25, 0.3) is 11.1 Å². The fourth-order valence-corrected chi connectivity index (χ4v) is 2.62. The van der Waals surface area contributed by atoms with Crippen LogP contribution in [0.5, 0.6) is 11.5 Å². The van der Waals surface area contributed by atoms with E-state index >= 15 is 0 Å². The van der Waals surface area contributed by atoms with Gasteiger partial charge in [-0.05, 0) is 29.7 Å². The minimum Gasteiger partial charge on any atom is -0.493 e. The standard InChI is InChI=1S/C17H18ClNO4/c1-22-14-8-7-12(15(18)16(14)23-2)11-5-3-10(4-6-11)9-13(19)17(20)21/h3-8,13H,9,19H2,1-2H3,(H,20,21)/t13-/m1/s1. The Morgan fingerprint density at radius 2 is 1.83 bits per heavy atom. The normalized spacial score (nSPS) is 11.8. The lowest BCUT2D eigenvalue weighted by Crippen LogP contribution is -2.32. The average molecular weight is 336 g/mol. The van der Waals surface area contributed by atoms with E-state index in [-0.39, 0.29) is 6.42 Å². The quantitative estimate of drug-likeness (QED) is 0.848. The van der Waals surface area contributed by atoms with Crippen molar-refractivity contribution in [2.75, 3.05) is 14.2 Å². The van der Waals surface area contributed by atoms with Crippen molar-refractivity contribution >= 4 is 17.6 Å². The molecule has 23 heavy (non-hydrogen) atoms. The Balaban J connectivity index is 2.31. The third-order valence-electron chi connectivity index (χ3n) is 3.52. The fourth-order valence-electron chi connectivity index (χ4n) is 2.27. The van der Waals surface area contributed by atoms with Gasteiger partial charge < -0.3 is 20.3 Å². The number of nitrogens with two attached hydrogens (primary N) is 1. The predicted octanol–water partition coefficient (Wildman–Crippen LogP) is 2.98. The molecule has 5 nitrogen and oxygen atoms in total. The van der Waals surface area contributed by atoms with Crippen LogP contribution in [0.15, 0.2) is 36.4 Å². The summed E-state index contributed by atoms with van der Waals surface area (Å²) in [5.41, 5.74) is 8.08. The zero-order valence-electron chi connectivity index (χ0n) is 12.9. The summed E-state index contributed by atoms with van der Waals surface area (Å²) in [5.74, 6) is 0.0194. The largest absolute Gasteiger partial charge is 0.493 e. The maximum Gasteiger partial charge on any atom is 0.320 e. The van der Waals surface area contributed by atoms with E-state index in [1.165, 1.54) is 7.11 Å². The number of rotatable bonds is 6. The van der Waals surface area contributed by atoms with Crippen LogP contribution in [0.4, 0.5) is 0 Å². The first kappa shape index (κ1) is 17.1. The summed E-state index contributed by atoms with van der Waals surface area (Å²) >= 11 is 6.39. The SMILES string of the molecule is COc1ccc(-c2ccc(C[C@@H](N)C(=O)O)cc2)c(Cl)c1OC. The Bertz CT molecular complexity index is 700. The van der Waals surface area contributed by atoms with Crippen LogP contribution in [0.2, 0.25) is 5.02 Å². The van der Waals surface area contributed by atoms with Crippen molar-refractivity contribution in [2.24, 2.45) is 5.73 Å². The predicted molar refractivity (Wildman–Crippen MR) is 89.3 cm³/mol. The van der Waals surface area contributed by atoms with Gasteiger partial charge in [-0.15, -0.1) is 0 Å². The van der Waals surface area contributed by atoms with Crippen molar-refractivity contribution in [2.45, 2.75) is 12.5 Å². The second kappa shape index (κ2) is 7.35. The van der Waals surface area contributed by atoms with Gasteiger partial charge in [0.25, 0.3) is 0 Å². The third kappa shape index (κ3) is 3.75. The Morgan fingerprint density at radius 3 is 2.35 bits per heavy atom. The van der Waals surface area contributed by atoms with Gasteiger partial charge in [0, 0.05) is 5.56 Å². The first-order chi connectivity index (χ1) is 11.0. The number of carboxylic acids is 1. The summed E-state index contributed by atoms with van der Waals surface area (Å²) in [4.78, 5) is 10.8. The number of carboxylic acid groups (broad SMARTS) is 1. The number of hydrogen-bond donors (Lipinski definition) is 2. The van der Waals surface area contributed by atoms with E-state index in [1.54, 1.807) is 13.2 Å².